The molecule has 1 aromatic rings. The second kappa shape index (κ2) is 7.08. The molecule has 1 fully saturated rings. The molecule has 7 nitrogen and oxygen atoms in total. The summed E-state index contributed by atoms with van der Waals surface area (Å²) in [5.41, 5.74) is -0.231. The number of methoxy groups -OCH3 is 1. The lowest BCUT2D eigenvalue weighted by molar-refractivity contribution is -0.141. The number of carbonyl (C=O) groups is 3. The van der Waals surface area contributed by atoms with Crippen LogP contribution >= 0.6 is 0 Å². The maximum Gasteiger partial charge on any atom is 0.307 e. The highest BCUT2D eigenvalue weighted by molar-refractivity contribution is 6.00. The number of likely N-dealkylation sites (tertiary alicyclic amines) is 1. The molecule has 1 atom stereocenters. The summed E-state index contributed by atoms with van der Waals surface area (Å²) in [5, 5.41) is 12.1. The number of esters is 1. The lowest BCUT2D eigenvalue weighted by Gasteiger charge is -2.16. The van der Waals surface area contributed by atoms with Gasteiger partial charge in [-0.2, -0.15) is 0 Å². The van der Waals surface area contributed by atoms with E-state index in [-0.39, 0.29) is 30.2 Å². The third kappa shape index (κ3) is 3.97. The minimum absolute atomic E-state index is 0.0770. The maximum atomic E-state index is 13.2. The molecule has 0 bridgehead atoms. The van der Waals surface area contributed by atoms with Gasteiger partial charge in [0.2, 0.25) is 5.91 Å². The molecule has 2 N–H and O–H groups in total. The predicted molar refractivity (Wildman–Crippen MR) is 77.1 cm³/mol. The molecular formula is C15H17FN2O5. The maximum absolute atomic E-state index is 13.2. The molecule has 1 saturated heterocycles. The zero-order chi connectivity index (χ0) is 17.0. The number of phenolic OH excluding ortho intramolecular Hbond substituents is 1. The number of phenols is 1. The van der Waals surface area contributed by atoms with Crippen molar-refractivity contribution in [2.45, 2.75) is 18.9 Å². The first-order chi connectivity index (χ1) is 10.9. The second-order valence-corrected chi connectivity index (χ2v) is 5.13. The first-order valence-electron chi connectivity index (χ1n) is 7.07. The van der Waals surface area contributed by atoms with Crippen molar-refractivity contribution in [2.24, 2.45) is 0 Å². The fourth-order valence-corrected chi connectivity index (χ4v) is 2.35. The Balaban J connectivity index is 1.96. The van der Waals surface area contributed by atoms with Crippen LogP contribution in [0.3, 0.4) is 0 Å². The molecule has 1 aliphatic heterocycles. The van der Waals surface area contributed by atoms with Gasteiger partial charge in [-0.3, -0.25) is 14.4 Å². The Morgan fingerprint density at radius 3 is 2.91 bits per heavy atom. The van der Waals surface area contributed by atoms with Crippen molar-refractivity contribution in [3.8, 4) is 5.75 Å². The van der Waals surface area contributed by atoms with E-state index in [1.54, 1.807) is 0 Å². The van der Waals surface area contributed by atoms with Crippen molar-refractivity contribution in [3.63, 3.8) is 0 Å². The number of hydrogen-bond donors (Lipinski definition) is 2. The summed E-state index contributed by atoms with van der Waals surface area (Å²) in [6, 6.07) is 2.24. The fraction of sp³-hybridized carbons (Fsp3) is 0.400. The van der Waals surface area contributed by atoms with Gasteiger partial charge in [-0.15, -0.1) is 0 Å². The quantitative estimate of drug-likeness (QED) is 0.766. The minimum atomic E-state index is -0.761. The van der Waals surface area contributed by atoms with E-state index in [1.807, 2.05) is 0 Å². The summed E-state index contributed by atoms with van der Waals surface area (Å²) in [7, 11) is 1.27. The van der Waals surface area contributed by atoms with Crippen molar-refractivity contribution in [3.05, 3.63) is 29.6 Å². The van der Waals surface area contributed by atoms with Gasteiger partial charge in [0.05, 0.1) is 19.1 Å². The van der Waals surface area contributed by atoms with Gasteiger partial charge in [0.25, 0.3) is 5.91 Å². The molecule has 1 aromatic carbocycles. The van der Waals surface area contributed by atoms with Crippen LogP contribution in [0.25, 0.3) is 0 Å². The van der Waals surface area contributed by atoms with Gasteiger partial charge in [0, 0.05) is 13.1 Å². The minimum Gasteiger partial charge on any atom is -0.507 e. The number of halogens is 1. The largest absolute Gasteiger partial charge is 0.507 e. The van der Waals surface area contributed by atoms with E-state index < -0.39 is 23.7 Å². The Bertz CT molecular complexity index is 634. The van der Waals surface area contributed by atoms with Crippen LogP contribution < -0.4 is 5.32 Å². The van der Waals surface area contributed by atoms with E-state index in [4.69, 9.17) is 0 Å². The standard InChI is InChI=1S/C15H17FN2O5/c1-23-13(20)5-7-18-6-4-11(15(18)22)17-14(21)10-8-9(16)2-3-12(10)19/h2-3,8,11,19H,4-7H2,1H3,(H,17,21)/t11-/m0/s1. The molecule has 124 valence electrons. The summed E-state index contributed by atoms with van der Waals surface area (Å²) in [5.74, 6) is -2.49. The van der Waals surface area contributed by atoms with Gasteiger partial charge < -0.3 is 20.1 Å². The summed E-state index contributed by atoms with van der Waals surface area (Å²) in [6.45, 7) is 0.610. The molecule has 0 spiro atoms. The first kappa shape index (κ1) is 16.7. The molecule has 2 amide bonds. The van der Waals surface area contributed by atoms with Crippen molar-refractivity contribution in [1.82, 2.24) is 10.2 Å². The Kier molecular flexibility index (Phi) is 5.15. The molecule has 8 heteroatoms. The SMILES string of the molecule is COC(=O)CCN1CC[C@H](NC(=O)c2cc(F)ccc2O)C1=O. The zero-order valence-corrected chi connectivity index (χ0v) is 12.5. The monoisotopic (exact) mass is 324 g/mol. The molecule has 1 heterocycles. The van der Waals surface area contributed by atoms with Crippen LogP contribution in [0.1, 0.15) is 23.2 Å². The highest BCUT2D eigenvalue weighted by atomic mass is 19.1. The third-order valence-electron chi connectivity index (χ3n) is 3.62. The summed E-state index contributed by atoms with van der Waals surface area (Å²) < 4.78 is 17.7. The number of benzene rings is 1. The van der Waals surface area contributed by atoms with Gasteiger partial charge in [-0.25, -0.2) is 4.39 Å². The summed E-state index contributed by atoms with van der Waals surface area (Å²) in [4.78, 5) is 36.8. The molecule has 0 aromatic heterocycles. The number of rotatable bonds is 5. The van der Waals surface area contributed by atoms with Crippen molar-refractivity contribution >= 4 is 17.8 Å². The molecule has 23 heavy (non-hydrogen) atoms. The zero-order valence-electron chi connectivity index (χ0n) is 12.5. The van der Waals surface area contributed by atoms with E-state index in [0.717, 1.165) is 18.2 Å². The van der Waals surface area contributed by atoms with E-state index >= 15 is 0 Å². The molecular weight excluding hydrogens is 307 g/mol. The Labute approximate surface area is 132 Å². The van der Waals surface area contributed by atoms with E-state index in [1.165, 1.54) is 12.0 Å². The van der Waals surface area contributed by atoms with Gasteiger partial charge in [-0.1, -0.05) is 0 Å². The van der Waals surface area contributed by atoms with Gasteiger partial charge in [0.1, 0.15) is 17.6 Å². The lowest BCUT2D eigenvalue weighted by Crippen LogP contribution is -2.42. The highest BCUT2D eigenvalue weighted by Crippen LogP contribution is 2.19. The number of carbonyl (C=O) groups excluding carboxylic acids is 3. The first-order valence-corrected chi connectivity index (χ1v) is 7.07. The smallest absolute Gasteiger partial charge is 0.307 e. The van der Waals surface area contributed by atoms with Crippen molar-refractivity contribution < 1.29 is 28.6 Å². The van der Waals surface area contributed by atoms with Crippen LogP contribution in [0.5, 0.6) is 5.75 Å². The number of ether oxygens (including phenoxy) is 1. The molecule has 0 saturated carbocycles. The van der Waals surface area contributed by atoms with Crippen LogP contribution in [0, 0.1) is 5.82 Å². The van der Waals surface area contributed by atoms with Crippen LogP contribution in [0.2, 0.25) is 0 Å². The van der Waals surface area contributed by atoms with E-state index in [9.17, 15) is 23.9 Å². The fourth-order valence-electron chi connectivity index (χ4n) is 2.35. The normalized spacial score (nSPS) is 17.2. The van der Waals surface area contributed by atoms with Crippen LogP contribution in [-0.2, 0) is 14.3 Å². The molecule has 0 unspecified atom stereocenters. The van der Waals surface area contributed by atoms with Gasteiger partial charge in [0.15, 0.2) is 0 Å². The number of hydrogen-bond acceptors (Lipinski definition) is 5. The summed E-state index contributed by atoms with van der Waals surface area (Å²) in [6.07, 6.45) is 0.454. The number of amides is 2. The van der Waals surface area contributed by atoms with Crippen molar-refractivity contribution in [1.29, 1.82) is 0 Å². The average molecular weight is 324 g/mol. The average Bonchev–Trinajstić information content (AvgIpc) is 2.87. The number of aromatic hydroxyl groups is 1. The van der Waals surface area contributed by atoms with Crippen LogP contribution in [-0.4, -0.2) is 54.0 Å². The third-order valence-corrected chi connectivity index (χ3v) is 3.62. The highest BCUT2D eigenvalue weighted by Gasteiger charge is 2.33. The van der Waals surface area contributed by atoms with Gasteiger partial charge >= 0.3 is 5.97 Å². The predicted octanol–water partition coefficient (Wildman–Crippen LogP) is 0.425. The van der Waals surface area contributed by atoms with Crippen molar-refractivity contribution in [2.75, 3.05) is 20.2 Å². The molecule has 0 radical (unpaired) electrons. The molecule has 2 rings (SSSR count). The van der Waals surface area contributed by atoms with E-state index in [2.05, 4.69) is 10.1 Å². The van der Waals surface area contributed by atoms with Crippen LogP contribution in [0.15, 0.2) is 18.2 Å². The topological polar surface area (TPSA) is 95.9 Å². The number of nitrogens with zero attached hydrogens (tertiary/aromatic N) is 1. The number of nitrogens with one attached hydrogen (secondary N) is 1. The van der Waals surface area contributed by atoms with Crippen LogP contribution in [0.4, 0.5) is 4.39 Å². The lowest BCUT2D eigenvalue weighted by atomic mass is 10.1. The molecule has 0 aliphatic carbocycles. The Morgan fingerprint density at radius 2 is 2.22 bits per heavy atom. The second-order valence-electron chi connectivity index (χ2n) is 5.13. The Morgan fingerprint density at radius 1 is 1.48 bits per heavy atom. The van der Waals surface area contributed by atoms with Gasteiger partial charge in [-0.05, 0) is 24.6 Å². The van der Waals surface area contributed by atoms with E-state index in [0.29, 0.717) is 13.0 Å². The Hall–Kier alpha value is -2.64. The molecule has 1 aliphatic rings. The summed E-state index contributed by atoms with van der Waals surface area (Å²) >= 11 is 0.